The van der Waals surface area contributed by atoms with Gasteiger partial charge in [0.2, 0.25) is 11.8 Å². The second kappa shape index (κ2) is 8.35. The maximum Gasteiger partial charge on any atom is 0.328 e. The molecule has 164 valence electrons. The molecule has 2 unspecified atom stereocenters. The maximum atomic E-state index is 13.5. The minimum absolute atomic E-state index is 0.00325. The lowest BCUT2D eigenvalue weighted by Gasteiger charge is -2.30. The third-order valence-corrected chi connectivity index (χ3v) is 5.57. The fourth-order valence-electron chi connectivity index (χ4n) is 4.06. The first-order valence-electron chi connectivity index (χ1n) is 9.86. The highest BCUT2D eigenvalue weighted by Crippen LogP contribution is 2.40. The van der Waals surface area contributed by atoms with Crippen molar-refractivity contribution < 1.29 is 33.4 Å². The molecule has 1 saturated heterocycles. The van der Waals surface area contributed by atoms with Crippen molar-refractivity contribution in [3.05, 3.63) is 76.8 Å². The van der Waals surface area contributed by atoms with Gasteiger partial charge in [-0.05, 0) is 30.7 Å². The molecule has 0 radical (unpaired) electrons. The average molecular weight is 438 g/mol. The zero-order valence-electron chi connectivity index (χ0n) is 16.9. The summed E-state index contributed by atoms with van der Waals surface area (Å²) in [5.41, 5.74) is 0.774. The van der Waals surface area contributed by atoms with Gasteiger partial charge < -0.3 is 9.84 Å². The Kier molecular flexibility index (Phi) is 5.58. The van der Waals surface area contributed by atoms with Crippen LogP contribution in [-0.4, -0.2) is 28.7 Å². The number of rotatable bonds is 5. The Morgan fingerprint density at radius 2 is 1.69 bits per heavy atom. The van der Waals surface area contributed by atoms with Crippen LogP contribution in [0.15, 0.2) is 59.9 Å². The number of imide groups is 2. The van der Waals surface area contributed by atoms with E-state index < -0.39 is 47.4 Å². The van der Waals surface area contributed by atoms with Crippen molar-refractivity contribution in [2.24, 2.45) is 5.92 Å². The summed E-state index contributed by atoms with van der Waals surface area (Å²) in [5.74, 6) is -4.60. The molecule has 2 heterocycles. The molecule has 2 aliphatic rings. The molecule has 9 heteroatoms. The summed E-state index contributed by atoms with van der Waals surface area (Å²) in [6.45, 7) is 1.54. The van der Waals surface area contributed by atoms with E-state index in [2.05, 4.69) is 0 Å². The Morgan fingerprint density at radius 3 is 2.34 bits per heavy atom. The molecule has 0 aliphatic carbocycles. The van der Waals surface area contributed by atoms with Crippen LogP contribution >= 0.6 is 0 Å². The third kappa shape index (κ3) is 3.90. The number of fused-ring (bicyclic) bond motifs is 1. The van der Waals surface area contributed by atoms with Crippen LogP contribution < -0.4 is 15.4 Å². The molecule has 8 nitrogen and oxygen atoms in total. The van der Waals surface area contributed by atoms with Gasteiger partial charge in [0.1, 0.15) is 29.3 Å². The van der Waals surface area contributed by atoms with Crippen LogP contribution in [0.25, 0.3) is 0 Å². The van der Waals surface area contributed by atoms with Crippen molar-refractivity contribution in [2.45, 2.75) is 25.4 Å². The van der Waals surface area contributed by atoms with E-state index in [0.717, 1.165) is 12.1 Å². The first kappa shape index (κ1) is 21.4. The van der Waals surface area contributed by atoms with Crippen LogP contribution in [0.1, 0.15) is 36.5 Å². The molecule has 2 aromatic rings. The van der Waals surface area contributed by atoms with Gasteiger partial charge in [-0.3, -0.25) is 25.0 Å². The van der Waals surface area contributed by atoms with Crippen molar-refractivity contribution in [3.63, 3.8) is 0 Å². The fraction of sp³-hybridized carbons (Fsp3) is 0.217. The molecule has 0 bridgehead atoms. The lowest BCUT2D eigenvalue weighted by Crippen LogP contribution is -2.57. The SMILES string of the molecule is CC1=C(C(=O)CC(c2ccc(F)cc2)C2C(=O)NC(=O)NC2=O)C(O)c2ccccc2O1. The predicted octanol–water partition coefficient (Wildman–Crippen LogP) is 2.25. The van der Waals surface area contributed by atoms with E-state index in [-0.39, 0.29) is 17.8 Å². The van der Waals surface area contributed by atoms with Gasteiger partial charge >= 0.3 is 6.03 Å². The van der Waals surface area contributed by atoms with Gasteiger partial charge in [-0.25, -0.2) is 9.18 Å². The van der Waals surface area contributed by atoms with Crippen molar-refractivity contribution >= 4 is 23.6 Å². The molecule has 2 atom stereocenters. The number of para-hydroxylation sites is 1. The van der Waals surface area contributed by atoms with Crippen molar-refractivity contribution in [2.75, 3.05) is 0 Å². The minimum Gasteiger partial charge on any atom is -0.461 e. The van der Waals surface area contributed by atoms with Crippen LogP contribution in [0.3, 0.4) is 0 Å². The van der Waals surface area contributed by atoms with Crippen LogP contribution in [0.4, 0.5) is 9.18 Å². The number of aliphatic hydroxyl groups excluding tert-OH is 1. The van der Waals surface area contributed by atoms with Gasteiger partial charge in [0.15, 0.2) is 5.78 Å². The molecular weight excluding hydrogens is 419 g/mol. The molecular formula is C23H19FN2O6. The lowest BCUT2D eigenvalue weighted by molar-refractivity contribution is -0.137. The summed E-state index contributed by atoms with van der Waals surface area (Å²) >= 11 is 0. The second-order valence-electron chi connectivity index (χ2n) is 7.58. The van der Waals surface area contributed by atoms with Crippen LogP contribution in [-0.2, 0) is 14.4 Å². The highest BCUT2D eigenvalue weighted by atomic mass is 19.1. The largest absolute Gasteiger partial charge is 0.461 e. The second-order valence-corrected chi connectivity index (χ2v) is 7.58. The Balaban J connectivity index is 1.69. The Labute approximate surface area is 182 Å². The number of halogens is 1. The number of ketones is 1. The highest BCUT2D eigenvalue weighted by molar-refractivity contribution is 6.17. The Hall–Kier alpha value is -3.85. The number of hydrogen-bond donors (Lipinski definition) is 3. The number of amides is 4. The number of urea groups is 1. The van der Waals surface area contributed by atoms with E-state index in [4.69, 9.17) is 4.74 Å². The number of aliphatic hydroxyl groups is 1. The van der Waals surface area contributed by atoms with E-state index in [1.54, 1.807) is 24.3 Å². The molecule has 32 heavy (non-hydrogen) atoms. The van der Waals surface area contributed by atoms with E-state index in [0.29, 0.717) is 16.9 Å². The Bertz CT molecular complexity index is 1140. The topological polar surface area (TPSA) is 122 Å². The average Bonchev–Trinajstić information content (AvgIpc) is 2.73. The smallest absolute Gasteiger partial charge is 0.328 e. The van der Waals surface area contributed by atoms with Crippen LogP contribution in [0, 0.1) is 11.7 Å². The van der Waals surface area contributed by atoms with Crippen molar-refractivity contribution in [3.8, 4) is 5.75 Å². The van der Waals surface area contributed by atoms with Crippen molar-refractivity contribution in [1.82, 2.24) is 10.6 Å². The summed E-state index contributed by atoms with van der Waals surface area (Å²) in [4.78, 5) is 49.7. The van der Waals surface area contributed by atoms with E-state index >= 15 is 0 Å². The number of allylic oxidation sites excluding steroid dienone is 1. The number of carbonyl (C=O) groups is 4. The van der Waals surface area contributed by atoms with Gasteiger partial charge in [-0.1, -0.05) is 30.3 Å². The molecule has 0 spiro atoms. The first-order valence-corrected chi connectivity index (χ1v) is 9.86. The monoisotopic (exact) mass is 438 g/mol. The van der Waals surface area contributed by atoms with Gasteiger partial charge in [0.05, 0.1) is 5.57 Å². The van der Waals surface area contributed by atoms with Gasteiger partial charge in [0.25, 0.3) is 0 Å². The first-order chi connectivity index (χ1) is 15.3. The number of carbonyl (C=O) groups excluding carboxylic acids is 4. The number of benzene rings is 2. The van der Waals surface area contributed by atoms with Crippen LogP contribution in [0.2, 0.25) is 0 Å². The quantitative estimate of drug-likeness (QED) is 0.616. The normalized spacial score (nSPS) is 19.6. The molecule has 3 N–H and O–H groups in total. The minimum atomic E-state index is -1.41. The lowest BCUT2D eigenvalue weighted by atomic mass is 9.78. The number of hydrogen-bond acceptors (Lipinski definition) is 6. The van der Waals surface area contributed by atoms with Gasteiger partial charge in [-0.15, -0.1) is 0 Å². The fourth-order valence-corrected chi connectivity index (χ4v) is 4.06. The molecule has 4 rings (SSSR count). The predicted molar refractivity (Wildman–Crippen MR) is 109 cm³/mol. The molecule has 4 amide bonds. The summed E-state index contributed by atoms with van der Waals surface area (Å²) < 4.78 is 19.2. The van der Waals surface area contributed by atoms with E-state index in [9.17, 15) is 28.7 Å². The zero-order valence-corrected chi connectivity index (χ0v) is 16.9. The molecule has 2 aromatic carbocycles. The summed E-state index contributed by atoms with van der Waals surface area (Å²) in [6, 6.07) is 10.8. The Morgan fingerprint density at radius 1 is 1.06 bits per heavy atom. The van der Waals surface area contributed by atoms with Gasteiger partial charge in [-0.2, -0.15) is 0 Å². The third-order valence-electron chi connectivity index (χ3n) is 5.57. The summed E-state index contributed by atoms with van der Waals surface area (Å²) in [6.07, 6.45) is -1.61. The number of barbiturate groups is 1. The highest BCUT2D eigenvalue weighted by Gasteiger charge is 2.43. The number of nitrogens with one attached hydrogen (secondary N) is 2. The van der Waals surface area contributed by atoms with Crippen LogP contribution in [0.5, 0.6) is 5.75 Å². The summed E-state index contributed by atoms with van der Waals surface area (Å²) in [7, 11) is 0. The molecule has 0 aromatic heterocycles. The number of Topliss-reactive ketones (excluding diaryl/α,β-unsaturated/α-hetero) is 1. The number of ether oxygens (including phenoxy) is 1. The molecule has 1 fully saturated rings. The molecule has 0 saturated carbocycles. The maximum absolute atomic E-state index is 13.5. The summed E-state index contributed by atoms with van der Waals surface area (Å²) in [5, 5.41) is 14.9. The standard InChI is InChI=1S/C23H19FN2O6/c1-11-18(20(28)14-4-2-3-5-17(14)32-11)16(27)10-15(12-6-8-13(24)9-7-12)19-21(29)25-23(31)26-22(19)30/h2-9,15,19-20,28H,10H2,1H3,(H2,25,26,29,30,31). The molecule has 2 aliphatic heterocycles. The van der Waals surface area contributed by atoms with E-state index in [1.807, 2.05) is 10.6 Å². The zero-order chi connectivity index (χ0) is 23.0. The van der Waals surface area contributed by atoms with Gasteiger partial charge in [0, 0.05) is 17.9 Å². The van der Waals surface area contributed by atoms with E-state index in [1.165, 1.54) is 19.1 Å². The van der Waals surface area contributed by atoms with Crippen molar-refractivity contribution in [1.29, 1.82) is 0 Å².